The lowest BCUT2D eigenvalue weighted by Crippen LogP contribution is -2.25. The number of benzene rings is 1. The second-order valence-electron chi connectivity index (χ2n) is 2.63. The van der Waals surface area contributed by atoms with Gasteiger partial charge in [0.05, 0.1) is 0 Å². The Morgan fingerprint density at radius 1 is 1.50 bits per heavy atom. The molecule has 0 amide bonds. The van der Waals surface area contributed by atoms with E-state index in [9.17, 15) is 4.79 Å². The fraction of sp³-hybridized carbons (Fsp3) is 0.222. The molecule has 0 aliphatic carbocycles. The molecule has 14 heavy (non-hydrogen) atoms. The van der Waals surface area contributed by atoms with Gasteiger partial charge in [0.15, 0.2) is 0 Å². The SMILES string of the molecule is NCC(Sc1ccc(Cl)cc1)C(=O)O. The van der Waals surface area contributed by atoms with Gasteiger partial charge in [-0.15, -0.1) is 11.8 Å². The number of nitrogens with two attached hydrogens (primary N) is 1. The smallest absolute Gasteiger partial charge is 0.318 e. The van der Waals surface area contributed by atoms with Crippen LogP contribution >= 0.6 is 23.4 Å². The van der Waals surface area contributed by atoms with Crippen LogP contribution in [0, 0.1) is 0 Å². The Morgan fingerprint density at radius 3 is 2.50 bits per heavy atom. The van der Waals surface area contributed by atoms with Crippen LogP contribution in [0.3, 0.4) is 0 Å². The van der Waals surface area contributed by atoms with E-state index in [1.54, 1.807) is 24.3 Å². The van der Waals surface area contributed by atoms with Crippen LogP contribution in [0.2, 0.25) is 5.02 Å². The Balaban J connectivity index is 2.67. The third kappa shape index (κ3) is 3.21. The van der Waals surface area contributed by atoms with Crippen molar-refractivity contribution < 1.29 is 9.90 Å². The van der Waals surface area contributed by atoms with Crippen molar-refractivity contribution in [2.45, 2.75) is 10.1 Å². The lowest BCUT2D eigenvalue weighted by atomic mass is 10.4. The van der Waals surface area contributed by atoms with Gasteiger partial charge in [-0.1, -0.05) is 11.6 Å². The Labute approximate surface area is 91.2 Å². The molecule has 0 aromatic heterocycles. The maximum Gasteiger partial charge on any atom is 0.318 e. The first-order valence-electron chi connectivity index (χ1n) is 3.98. The van der Waals surface area contributed by atoms with Crippen LogP contribution in [-0.2, 0) is 4.79 Å². The van der Waals surface area contributed by atoms with E-state index in [2.05, 4.69) is 0 Å². The number of carbonyl (C=O) groups is 1. The molecular weight excluding hydrogens is 222 g/mol. The zero-order valence-corrected chi connectivity index (χ0v) is 8.89. The summed E-state index contributed by atoms with van der Waals surface area (Å²) in [6, 6.07) is 7.00. The summed E-state index contributed by atoms with van der Waals surface area (Å²) < 4.78 is 0. The molecule has 0 aliphatic heterocycles. The van der Waals surface area contributed by atoms with Gasteiger partial charge >= 0.3 is 5.97 Å². The molecule has 0 fully saturated rings. The Hall–Kier alpha value is -0.710. The highest BCUT2D eigenvalue weighted by Crippen LogP contribution is 2.24. The third-order valence-electron chi connectivity index (χ3n) is 1.58. The number of carboxylic acid groups (broad SMARTS) is 1. The van der Waals surface area contributed by atoms with E-state index in [1.165, 1.54) is 11.8 Å². The van der Waals surface area contributed by atoms with Gasteiger partial charge in [-0.3, -0.25) is 4.79 Å². The third-order valence-corrected chi connectivity index (χ3v) is 3.06. The van der Waals surface area contributed by atoms with Crippen LogP contribution in [-0.4, -0.2) is 22.9 Å². The fourth-order valence-corrected chi connectivity index (χ4v) is 1.82. The monoisotopic (exact) mass is 231 g/mol. The van der Waals surface area contributed by atoms with Crippen LogP contribution < -0.4 is 5.73 Å². The van der Waals surface area contributed by atoms with E-state index in [-0.39, 0.29) is 6.54 Å². The van der Waals surface area contributed by atoms with Crippen LogP contribution in [0.5, 0.6) is 0 Å². The van der Waals surface area contributed by atoms with Crippen molar-refractivity contribution in [3.05, 3.63) is 29.3 Å². The highest BCUT2D eigenvalue weighted by molar-refractivity contribution is 8.00. The molecule has 0 saturated carbocycles. The second kappa shape index (κ2) is 5.24. The maximum atomic E-state index is 10.7. The highest BCUT2D eigenvalue weighted by Gasteiger charge is 2.16. The quantitative estimate of drug-likeness (QED) is 0.777. The molecule has 1 atom stereocenters. The van der Waals surface area contributed by atoms with Crippen molar-refractivity contribution in [2.75, 3.05) is 6.54 Å². The van der Waals surface area contributed by atoms with Crippen LogP contribution in [0.1, 0.15) is 0 Å². The molecule has 0 saturated heterocycles. The average Bonchev–Trinajstić information content (AvgIpc) is 2.16. The van der Waals surface area contributed by atoms with Gasteiger partial charge in [-0.2, -0.15) is 0 Å². The van der Waals surface area contributed by atoms with Gasteiger partial charge in [0.25, 0.3) is 0 Å². The van der Waals surface area contributed by atoms with E-state index >= 15 is 0 Å². The molecule has 3 nitrogen and oxygen atoms in total. The van der Waals surface area contributed by atoms with Gasteiger partial charge in [0.2, 0.25) is 0 Å². The van der Waals surface area contributed by atoms with Crippen molar-refractivity contribution >= 4 is 29.3 Å². The number of halogens is 1. The molecule has 0 spiro atoms. The molecule has 1 rings (SSSR count). The maximum absolute atomic E-state index is 10.7. The summed E-state index contributed by atoms with van der Waals surface area (Å²) in [4.78, 5) is 11.5. The van der Waals surface area contributed by atoms with E-state index in [4.69, 9.17) is 22.4 Å². The lowest BCUT2D eigenvalue weighted by molar-refractivity contribution is -0.136. The van der Waals surface area contributed by atoms with Crippen molar-refractivity contribution in [1.29, 1.82) is 0 Å². The number of hydrogen-bond donors (Lipinski definition) is 2. The predicted octanol–water partition coefficient (Wildman–Crippen LogP) is 1.84. The molecule has 0 heterocycles. The molecule has 5 heteroatoms. The minimum atomic E-state index is -0.896. The van der Waals surface area contributed by atoms with Gasteiger partial charge in [0.1, 0.15) is 5.25 Å². The lowest BCUT2D eigenvalue weighted by Gasteiger charge is -2.08. The standard InChI is InChI=1S/C9H10ClNO2S/c10-6-1-3-7(4-2-6)14-8(5-11)9(12)13/h1-4,8H,5,11H2,(H,12,13). The van der Waals surface area contributed by atoms with Crippen LogP contribution in [0.25, 0.3) is 0 Å². The van der Waals surface area contributed by atoms with Crippen molar-refractivity contribution in [3.8, 4) is 0 Å². The molecule has 0 radical (unpaired) electrons. The summed E-state index contributed by atoms with van der Waals surface area (Å²) >= 11 is 6.92. The van der Waals surface area contributed by atoms with E-state index in [1.807, 2.05) is 0 Å². The normalized spacial score (nSPS) is 12.4. The molecule has 3 N–H and O–H groups in total. The summed E-state index contributed by atoms with van der Waals surface area (Å²) in [5, 5.41) is 8.79. The summed E-state index contributed by atoms with van der Waals surface area (Å²) in [5.41, 5.74) is 5.32. The Morgan fingerprint density at radius 2 is 2.07 bits per heavy atom. The molecule has 1 unspecified atom stereocenters. The van der Waals surface area contributed by atoms with Gasteiger partial charge in [-0.05, 0) is 24.3 Å². The molecule has 0 aliphatic rings. The second-order valence-corrected chi connectivity index (χ2v) is 4.35. The fourth-order valence-electron chi connectivity index (χ4n) is 0.877. The average molecular weight is 232 g/mol. The topological polar surface area (TPSA) is 63.3 Å². The van der Waals surface area contributed by atoms with Gasteiger partial charge < -0.3 is 10.8 Å². The van der Waals surface area contributed by atoms with Crippen molar-refractivity contribution in [1.82, 2.24) is 0 Å². The summed E-state index contributed by atoms with van der Waals surface area (Å²) in [6.45, 7) is 0.114. The zero-order valence-electron chi connectivity index (χ0n) is 7.31. The van der Waals surface area contributed by atoms with E-state index in [0.29, 0.717) is 5.02 Å². The first kappa shape index (κ1) is 11.4. The first-order valence-corrected chi connectivity index (χ1v) is 5.24. The number of thioether (sulfide) groups is 1. The van der Waals surface area contributed by atoms with Crippen molar-refractivity contribution in [3.63, 3.8) is 0 Å². The van der Waals surface area contributed by atoms with Crippen LogP contribution in [0.4, 0.5) is 0 Å². The van der Waals surface area contributed by atoms with Gasteiger partial charge in [-0.25, -0.2) is 0 Å². The Bertz CT molecular complexity index is 315. The summed E-state index contributed by atoms with van der Waals surface area (Å²) in [7, 11) is 0. The van der Waals surface area contributed by atoms with E-state index in [0.717, 1.165) is 4.90 Å². The number of hydrogen-bond acceptors (Lipinski definition) is 3. The number of carboxylic acids is 1. The highest BCUT2D eigenvalue weighted by atomic mass is 35.5. The minimum Gasteiger partial charge on any atom is -0.480 e. The largest absolute Gasteiger partial charge is 0.480 e. The number of aliphatic carboxylic acids is 1. The van der Waals surface area contributed by atoms with Gasteiger partial charge in [0, 0.05) is 16.5 Å². The molecule has 1 aromatic carbocycles. The molecule has 0 bridgehead atoms. The van der Waals surface area contributed by atoms with E-state index < -0.39 is 11.2 Å². The Kier molecular flexibility index (Phi) is 4.25. The van der Waals surface area contributed by atoms with Crippen LogP contribution in [0.15, 0.2) is 29.2 Å². The molecule has 1 aromatic rings. The summed E-state index contributed by atoms with van der Waals surface area (Å²) in [5.74, 6) is -0.896. The minimum absolute atomic E-state index is 0.114. The number of rotatable bonds is 4. The predicted molar refractivity (Wildman–Crippen MR) is 57.8 cm³/mol. The van der Waals surface area contributed by atoms with Crippen molar-refractivity contribution in [2.24, 2.45) is 5.73 Å². The zero-order chi connectivity index (χ0) is 10.6. The molecular formula is C9H10ClNO2S. The molecule has 76 valence electrons. The summed E-state index contributed by atoms with van der Waals surface area (Å²) in [6.07, 6.45) is 0. The first-order chi connectivity index (χ1) is 6.63.